The monoisotopic (exact) mass is 497 g/mol. The summed E-state index contributed by atoms with van der Waals surface area (Å²) in [5.74, 6) is 5.64. The standard InChI is InChI=1S/C28H23N3O6/c1-36-20-7-6-18-15-31(26(34)21(18)13-20)16-28(14-25(33)30-27(28)35)11-10-23-24(37-2)9-8-22(29-23)17-4-3-5-19(32)12-17/h3-9,12-13,32H,14-16H2,1-2H3,(H,30,33,35)/t28-/m1/s1. The van der Waals surface area contributed by atoms with Gasteiger partial charge in [0.05, 0.1) is 26.3 Å². The minimum absolute atomic E-state index is 0.0675. The molecular weight excluding hydrogens is 474 g/mol. The fourth-order valence-corrected chi connectivity index (χ4v) is 4.54. The van der Waals surface area contributed by atoms with Crippen LogP contribution in [0.2, 0.25) is 0 Å². The third kappa shape index (κ3) is 4.45. The van der Waals surface area contributed by atoms with Gasteiger partial charge in [-0.05, 0) is 47.9 Å². The summed E-state index contributed by atoms with van der Waals surface area (Å²) in [6, 6.07) is 15.3. The Labute approximate surface area is 213 Å². The van der Waals surface area contributed by atoms with Crippen molar-refractivity contribution in [3.05, 3.63) is 71.4 Å². The van der Waals surface area contributed by atoms with Gasteiger partial charge in [-0.3, -0.25) is 19.7 Å². The summed E-state index contributed by atoms with van der Waals surface area (Å²) >= 11 is 0. The van der Waals surface area contributed by atoms with Crippen molar-refractivity contribution >= 4 is 17.7 Å². The van der Waals surface area contributed by atoms with Gasteiger partial charge in [0.2, 0.25) is 11.8 Å². The Kier molecular flexibility index (Phi) is 6.01. The molecule has 0 saturated carbocycles. The third-order valence-electron chi connectivity index (χ3n) is 6.45. The quantitative estimate of drug-likeness (QED) is 0.411. The predicted molar refractivity (Wildman–Crippen MR) is 133 cm³/mol. The molecule has 2 aromatic carbocycles. The van der Waals surface area contributed by atoms with Crippen molar-refractivity contribution in [3.63, 3.8) is 0 Å². The highest BCUT2D eigenvalue weighted by molar-refractivity contribution is 6.08. The maximum Gasteiger partial charge on any atom is 0.254 e. The third-order valence-corrected chi connectivity index (χ3v) is 6.45. The van der Waals surface area contributed by atoms with Crippen molar-refractivity contribution in [1.29, 1.82) is 0 Å². The van der Waals surface area contributed by atoms with Crippen LogP contribution in [0.3, 0.4) is 0 Å². The van der Waals surface area contributed by atoms with Gasteiger partial charge in [0.25, 0.3) is 5.91 Å². The molecule has 3 aromatic rings. The molecule has 3 amide bonds. The molecule has 3 heterocycles. The molecule has 1 atom stereocenters. The molecule has 37 heavy (non-hydrogen) atoms. The van der Waals surface area contributed by atoms with Crippen molar-refractivity contribution in [2.24, 2.45) is 5.41 Å². The van der Waals surface area contributed by atoms with Gasteiger partial charge in [-0.25, -0.2) is 4.98 Å². The van der Waals surface area contributed by atoms with Crippen molar-refractivity contribution in [2.75, 3.05) is 20.8 Å². The molecule has 5 rings (SSSR count). The second-order valence-electron chi connectivity index (χ2n) is 8.87. The first-order valence-corrected chi connectivity index (χ1v) is 11.5. The SMILES string of the molecule is COc1ccc2c(c1)C(=O)N(C[C@@]1(C#Cc3nc(-c4cccc(O)c4)ccc3OC)CC(=O)NC1=O)C2. The lowest BCUT2D eigenvalue weighted by Gasteiger charge is -2.25. The number of carbonyl (C=O) groups excluding carboxylic acids is 3. The maximum absolute atomic E-state index is 13.1. The average molecular weight is 498 g/mol. The molecule has 0 spiro atoms. The molecule has 2 aliphatic heterocycles. The molecule has 0 radical (unpaired) electrons. The molecule has 186 valence electrons. The lowest BCUT2D eigenvalue weighted by atomic mass is 9.86. The number of fused-ring (bicyclic) bond motifs is 1. The molecule has 0 aliphatic carbocycles. The summed E-state index contributed by atoms with van der Waals surface area (Å²) in [5, 5.41) is 12.2. The summed E-state index contributed by atoms with van der Waals surface area (Å²) < 4.78 is 10.6. The first-order chi connectivity index (χ1) is 17.8. The molecule has 2 N–H and O–H groups in total. The zero-order valence-electron chi connectivity index (χ0n) is 20.2. The number of hydrogen-bond acceptors (Lipinski definition) is 7. The summed E-state index contributed by atoms with van der Waals surface area (Å²) in [6.07, 6.45) is -0.184. The van der Waals surface area contributed by atoms with E-state index in [1.807, 2.05) is 6.07 Å². The number of phenols is 1. The van der Waals surface area contributed by atoms with Crippen LogP contribution in [0.4, 0.5) is 0 Å². The van der Waals surface area contributed by atoms with Gasteiger partial charge >= 0.3 is 0 Å². The second-order valence-corrected chi connectivity index (χ2v) is 8.87. The van der Waals surface area contributed by atoms with Gasteiger partial charge in [-0.1, -0.05) is 24.1 Å². The van der Waals surface area contributed by atoms with Gasteiger partial charge < -0.3 is 19.5 Å². The summed E-state index contributed by atoms with van der Waals surface area (Å²) in [6.45, 7) is 0.222. The Morgan fingerprint density at radius 3 is 2.62 bits per heavy atom. The van der Waals surface area contributed by atoms with Gasteiger partial charge in [-0.2, -0.15) is 0 Å². The van der Waals surface area contributed by atoms with Crippen LogP contribution in [-0.2, 0) is 16.1 Å². The van der Waals surface area contributed by atoms with E-state index in [0.29, 0.717) is 28.3 Å². The molecule has 0 unspecified atom stereocenters. The lowest BCUT2D eigenvalue weighted by molar-refractivity contribution is -0.127. The van der Waals surface area contributed by atoms with E-state index in [2.05, 4.69) is 22.1 Å². The first kappa shape index (κ1) is 23.9. The first-order valence-electron chi connectivity index (χ1n) is 11.5. The van der Waals surface area contributed by atoms with Gasteiger partial charge in [0.15, 0.2) is 11.4 Å². The van der Waals surface area contributed by atoms with Gasteiger partial charge in [0, 0.05) is 24.2 Å². The van der Waals surface area contributed by atoms with E-state index in [-0.39, 0.29) is 36.9 Å². The Hall–Kier alpha value is -4.84. The number of carbonyl (C=O) groups is 3. The maximum atomic E-state index is 13.1. The van der Waals surface area contributed by atoms with Crippen LogP contribution in [0.5, 0.6) is 17.2 Å². The van der Waals surface area contributed by atoms with Crippen LogP contribution < -0.4 is 14.8 Å². The molecule has 0 bridgehead atoms. The number of nitrogens with one attached hydrogen (secondary N) is 1. The highest BCUT2D eigenvalue weighted by atomic mass is 16.5. The smallest absolute Gasteiger partial charge is 0.254 e. The number of rotatable bonds is 5. The van der Waals surface area contributed by atoms with E-state index >= 15 is 0 Å². The normalized spacial score (nSPS) is 18.2. The van der Waals surface area contributed by atoms with Crippen LogP contribution in [-0.4, -0.2) is 53.5 Å². The number of benzene rings is 2. The molecule has 1 saturated heterocycles. The average Bonchev–Trinajstić information content (AvgIpc) is 3.36. The number of amides is 3. The van der Waals surface area contributed by atoms with Crippen LogP contribution in [0.1, 0.15) is 28.0 Å². The van der Waals surface area contributed by atoms with E-state index in [4.69, 9.17) is 9.47 Å². The summed E-state index contributed by atoms with van der Waals surface area (Å²) in [4.78, 5) is 44.5. The number of phenolic OH excluding ortho intramolecular Hbond substituents is 1. The molecule has 1 fully saturated rings. The van der Waals surface area contributed by atoms with Crippen molar-refractivity contribution in [3.8, 4) is 40.3 Å². The summed E-state index contributed by atoms with van der Waals surface area (Å²) in [5.41, 5.74) is 1.32. The van der Waals surface area contributed by atoms with E-state index in [9.17, 15) is 19.5 Å². The zero-order valence-corrected chi connectivity index (χ0v) is 20.2. The number of nitrogens with zero attached hydrogens (tertiary/aromatic N) is 2. The minimum atomic E-state index is -1.45. The fraction of sp³-hybridized carbons (Fsp3) is 0.214. The molecule has 9 nitrogen and oxygen atoms in total. The molecule has 9 heteroatoms. The lowest BCUT2D eigenvalue weighted by Crippen LogP contribution is -2.42. The van der Waals surface area contributed by atoms with Crippen molar-refractivity contribution in [1.82, 2.24) is 15.2 Å². The number of ether oxygens (including phenoxy) is 2. The summed E-state index contributed by atoms with van der Waals surface area (Å²) in [7, 11) is 3.00. The van der Waals surface area contributed by atoms with Crippen molar-refractivity contribution < 1.29 is 29.0 Å². The van der Waals surface area contributed by atoms with Crippen LogP contribution in [0.15, 0.2) is 54.6 Å². The Balaban J connectivity index is 1.50. The molecule has 2 aliphatic rings. The number of methoxy groups -OCH3 is 2. The Morgan fingerprint density at radius 1 is 1.08 bits per heavy atom. The Bertz CT molecular complexity index is 1510. The number of imide groups is 1. The van der Waals surface area contributed by atoms with E-state index in [0.717, 1.165) is 5.56 Å². The van der Waals surface area contributed by atoms with E-state index < -0.39 is 17.2 Å². The largest absolute Gasteiger partial charge is 0.508 e. The fourth-order valence-electron chi connectivity index (χ4n) is 4.54. The second kappa shape index (κ2) is 9.32. The van der Waals surface area contributed by atoms with E-state index in [1.165, 1.54) is 19.1 Å². The Morgan fingerprint density at radius 2 is 1.92 bits per heavy atom. The highest BCUT2D eigenvalue weighted by Gasteiger charge is 2.48. The number of aromatic nitrogens is 1. The van der Waals surface area contributed by atoms with Crippen LogP contribution >= 0.6 is 0 Å². The van der Waals surface area contributed by atoms with Crippen molar-refractivity contribution in [2.45, 2.75) is 13.0 Å². The van der Waals surface area contributed by atoms with Gasteiger partial charge in [-0.15, -0.1) is 0 Å². The van der Waals surface area contributed by atoms with Crippen LogP contribution in [0.25, 0.3) is 11.3 Å². The predicted octanol–water partition coefficient (Wildman–Crippen LogP) is 2.51. The van der Waals surface area contributed by atoms with Crippen LogP contribution in [0, 0.1) is 17.3 Å². The molecular formula is C28H23N3O6. The topological polar surface area (TPSA) is 118 Å². The zero-order chi connectivity index (χ0) is 26.2. The number of hydrogen-bond donors (Lipinski definition) is 2. The number of aromatic hydroxyl groups is 1. The number of pyridine rings is 1. The van der Waals surface area contributed by atoms with Gasteiger partial charge in [0.1, 0.15) is 16.9 Å². The minimum Gasteiger partial charge on any atom is -0.508 e. The molecule has 1 aromatic heterocycles. The van der Waals surface area contributed by atoms with E-state index in [1.54, 1.807) is 48.5 Å². The highest BCUT2D eigenvalue weighted by Crippen LogP contribution is 2.34.